The van der Waals surface area contributed by atoms with E-state index in [4.69, 9.17) is 0 Å². The zero-order valence-electron chi connectivity index (χ0n) is 10.6. The molecule has 1 fully saturated rings. The van der Waals surface area contributed by atoms with Crippen molar-refractivity contribution in [2.75, 3.05) is 13.1 Å². The number of nitrogens with one attached hydrogen (secondary N) is 2. The van der Waals surface area contributed by atoms with E-state index in [0.29, 0.717) is 0 Å². The molecule has 0 saturated heterocycles. The third-order valence-corrected chi connectivity index (χ3v) is 4.86. The highest BCUT2D eigenvalue weighted by Crippen LogP contribution is 2.30. The molecule has 1 saturated carbocycles. The summed E-state index contributed by atoms with van der Waals surface area (Å²) in [5, 5.41) is 6.47. The summed E-state index contributed by atoms with van der Waals surface area (Å²) < 4.78 is 0. The summed E-state index contributed by atoms with van der Waals surface area (Å²) in [5.41, 5.74) is 1.40. The van der Waals surface area contributed by atoms with Gasteiger partial charge >= 0.3 is 0 Å². The normalized spacial score (nSPS) is 17.8. The number of fused-ring (bicyclic) bond motifs is 1. The van der Waals surface area contributed by atoms with Crippen molar-refractivity contribution in [2.24, 2.45) is 0 Å². The molecule has 98 valence electrons. The lowest BCUT2D eigenvalue weighted by atomic mass is 10.2. The van der Waals surface area contributed by atoms with E-state index in [1.54, 1.807) is 11.3 Å². The van der Waals surface area contributed by atoms with Gasteiger partial charge in [0, 0.05) is 17.5 Å². The summed E-state index contributed by atoms with van der Waals surface area (Å²) in [6.07, 6.45) is 7.26. The highest BCUT2D eigenvalue weighted by Gasteiger charge is 2.20. The molecular weight excluding hydrogens is 244 g/mol. The topological polar surface area (TPSA) is 41.1 Å². The van der Waals surface area contributed by atoms with E-state index in [1.165, 1.54) is 36.1 Å². The Morgan fingerprint density at radius 1 is 1.33 bits per heavy atom. The predicted molar refractivity (Wildman–Crippen MR) is 74.3 cm³/mol. The molecule has 18 heavy (non-hydrogen) atoms. The molecule has 0 bridgehead atoms. The third-order valence-electron chi connectivity index (χ3n) is 3.62. The van der Waals surface area contributed by atoms with Gasteiger partial charge in [0.2, 0.25) is 0 Å². The molecule has 0 unspecified atom stereocenters. The van der Waals surface area contributed by atoms with Crippen LogP contribution >= 0.6 is 11.3 Å². The quantitative estimate of drug-likeness (QED) is 0.773. The van der Waals surface area contributed by atoms with Crippen LogP contribution in [0.1, 0.15) is 45.8 Å². The van der Waals surface area contributed by atoms with Crippen LogP contribution in [0.3, 0.4) is 0 Å². The van der Waals surface area contributed by atoms with Crippen LogP contribution in [0, 0.1) is 0 Å². The van der Waals surface area contributed by atoms with Crippen molar-refractivity contribution < 1.29 is 4.79 Å². The van der Waals surface area contributed by atoms with Crippen molar-refractivity contribution in [3.63, 3.8) is 0 Å². The summed E-state index contributed by atoms with van der Waals surface area (Å²) in [6, 6.07) is 2.85. The Morgan fingerprint density at radius 2 is 2.22 bits per heavy atom. The first kappa shape index (κ1) is 12.2. The fourth-order valence-electron chi connectivity index (χ4n) is 2.41. The van der Waals surface area contributed by atoms with Gasteiger partial charge in [0.15, 0.2) is 0 Å². The molecule has 0 radical (unpaired) electrons. The fraction of sp³-hybridized carbons (Fsp3) is 0.643. The number of rotatable bonds is 6. The van der Waals surface area contributed by atoms with E-state index in [1.807, 2.05) is 0 Å². The molecule has 3 rings (SSSR count). The summed E-state index contributed by atoms with van der Waals surface area (Å²) in [7, 11) is 0. The van der Waals surface area contributed by atoms with E-state index >= 15 is 0 Å². The Morgan fingerprint density at radius 3 is 3.00 bits per heavy atom. The number of aryl methyl sites for hydroxylation is 2. The van der Waals surface area contributed by atoms with Crippen molar-refractivity contribution in [2.45, 2.75) is 44.6 Å². The summed E-state index contributed by atoms with van der Waals surface area (Å²) in [6.45, 7) is 1.80. The molecule has 1 aromatic rings. The molecule has 1 amide bonds. The second-order valence-corrected chi connectivity index (χ2v) is 6.39. The number of thiophene rings is 1. The van der Waals surface area contributed by atoms with E-state index in [9.17, 15) is 4.79 Å². The van der Waals surface area contributed by atoms with Gasteiger partial charge < -0.3 is 10.6 Å². The largest absolute Gasteiger partial charge is 0.351 e. The molecule has 4 heteroatoms. The van der Waals surface area contributed by atoms with Gasteiger partial charge in [-0.25, -0.2) is 0 Å². The maximum atomic E-state index is 11.9. The van der Waals surface area contributed by atoms with Crippen molar-refractivity contribution in [3.8, 4) is 0 Å². The minimum atomic E-state index is 0.112. The smallest absolute Gasteiger partial charge is 0.261 e. The van der Waals surface area contributed by atoms with E-state index in [2.05, 4.69) is 16.7 Å². The Labute approximate surface area is 112 Å². The number of carbonyl (C=O) groups excluding carboxylic acids is 1. The van der Waals surface area contributed by atoms with Crippen LogP contribution in [0.15, 0.2) is 6.07 Å². The minimum absolute atomic E-state index is 0.112. The summed E-state index contributed by atoms with van der Waals surface area (Å²) in [4.78, 5) is 14.3. The van der Waals surface area contributed by atoms with Gasteiger partial charge in [-0.15, -0.1) is 11.3 Å². The van der Waals surface area contributed by atoms with E-state index in [-0.39, 0.29) is 5.91 Å². The first-order chi connectivity index (χ1) is 8.83. The van der Waals surface area contributed by atoms with Crippen LogP contribution in [-0.4, -0.2) is 25.0 Å². The zero-order chi connectivity index (χ0) is 12.4. The van der Waals surface area contributed by atoms with Gasteiger partial charge in [0.1, 0.15) is 0 Å². The second-order valence-electron chi connectivity index (χ2n) is 5.25. The van der Waals surface area contributed by atoms with Gasteiger partial charge in [-0.2, -0.15) is 0 Å². The lowest BCUT2D eigenvalue weighted by Crippen LogP contribution is -2.27. The first-order valence-corrected chi connectivity index (χ1v) is 7.78. The standard InChI is InChI=1S/C14H20N2OS/c17-14(16-8-2-7-15-11-5-6-11)13-9-10-3-1-4-12(10)18-13/h9,11,15H,1-8H2,(H,16,17). The molecule has 0 aromatic carbocycles. The molecule has 0 spiro atoms. The number of amides is 1. The van der Waals surface area contributed by atoms with Gasteiger partial charge in [-0.05, 0) is 56.7 Å². The van der Waals surface area contributed by atoms with Crippen molar-refractivity contribution >= 4 is 17.2 Å². The SMILES string of the molecule is O=C(NCCCNC1CC1)c1cc2c(s1)CCC2. The van der Waals surface area contributed by atoms with Crippen LogP contribution < -0.4 is 10.6 Å². The van der Waals surface area contributed by atoms with E-state index in [0.717, 1.165) is 36.9 Å². The monoisotopic (exact) mass is 264 g/mol. The molecule has 3 nitrogen and oxygen atoms in total. The highest BCUT2D eigenvalue weighted by molar-refractivity contribution is 7.14. The molecule has 0 aliphatic heterocycles. The third kappa shape index (κ3) is 2.93. The summed E-state index contributed by atoms with van der Waals surface area (Å²) >= 11 is 1.68. The zero-order valence-corrected chi connectivity index (χ0v) is 11.4. The van der Waals surface area contributed by atoms with Gasteiger partial charge in [0.05, 0.1) is 4.88 Å². The molecular formula is C14H20N2OS. The number of hydrogen-bond acceptors (Lipinski definition) is 3. The van der Waals surface area contributed by atoms with Crippen LogP contribution in [-0.2, 0) is 12.8 Å². The first-order valence-electron chi connectivity index (χ1n) is 6.96. The van der Waals surface area contributed by atoms with Crippen LogP contribution in [0.25, 0.3) is 0 Å². The van der Waals surface area contributed by atoms with Crippen molar-refractivity contribution in [1.29, 1.82) is 0 Å². The van der Waals surface area contributed by atoms with E-state index < -0.39 is 0 Å². The van der Waals surface area contributed by atoms with Crippen LogP contribution in [0.5, 0.6) is 0 Å². The minimum Gasteiger partial charge on any atom is -0.351 e. The van der Waals surface area contributed by atoms with Gasteiger partial charge in [-0.3, -0.25) is 4.79 Å². The Bertz CT molecular complexity index is 416. The van der Waals surface area contributed by atoms with Crippen LogP contribution in [0.2, 0.25) is 0 Å². The Balaban J connectivity index is 1.39. The van der Waals surface area contributed by atoms with Crippen molar-refractivity contribution in [1.82, 2.24) is 10.6 Å². The maximum Gasteiger partial charge on any atom is 0.261 e. The molecule has 2 aliphatic rings. The van der Waals surface area contributed by atoms with Crippen LogP contribution in [0.4, 0.5) is 0 Å². The molecule has 0 atom stereocenters. The second kappa shape index (κ2) is 5.41. The highest BCUT2D eigenvalue weighted by atomic mass is 32.1. The molecule has 2 N–H and O–H groups in total. The van der Waals surface area contributed by atoms with Gasteiger partial charge in [-0.1, -0.05) is 0 Å². The lowest BCUT2D eigenvalue weighted by molar-refractivity contribution is 0.0957. The van der Waals surface area contributed by atoms with Crippen molar-refractivity contribution in [3.05, 3.63) is 21.4 Å². The fourth-order valence-corrected chi connectivity index (χ4v) is 3.58. The molecule has 1 aromatic heterocycles. The average molecular weight is 264 g/mol. The predicted octanol–water partition coefficient (Wildman–Crippen LogP) is 2.11. The maximum absolute atomic E-state index is 11.9. The lowest BCUT2D eigenvalue weighted by Gasteiger charge is -2.04. The molecule has 1 heterocycles. The number of carbonyl (C=O) groups is 1. The van der Waals surface area contributed by atoms with Gasteiger partial charge in [0.25, 0.3) is 5.91 Å². The molecule has 2 aliphatic carbocycles. The number of hydrogen-bond donors (Lipinski definition) is 2. The Hall–Kier alpha value is -0.870. The summed E-state index contributed by atoms with van der Waals surface area (Å²) in [5.74, 6) is 0.112. The Kier molecular flexibility index (Phi) is 3.66. The average Bonchev–Trinajstić information content (AvgIpc) is 2.92.